The number of nitrogens with zero attached hydrogens (tertiary/aromatic N) is 2. The molecule has 5 rings (SSSR count). The van der Waals surface area contributed by atoms with Crippen LogP contribution in [0.5, 0.6) is 5.75 Å². The summed E-state index contributed by atoms with van der Waals surface area (Å²) in [6.45, 7) is 1.87. The maximum Gasteiger partial charge on any atom is 0.276 e. The van der Waals surface area contributed by atoms with Crippen LogP contribution in [0.4, 0.5) is 5.69 Å². The fraction of sp³-hybridized carbons (Fsp3) is 0.318. The number of sulfonamides is 1. The van der Waals surface area contributed by atoms with Gasteiger partial charge >= 0.3 is 0 Å². The summed E-state index contributed by atoms with van der Waals surface area (Å²) in [4.78, 5) is 4.76. The second kappa shape index (κ2) is 7.45. The van der Waals surface area contributed by atoms with Crippen LogP contribution < -0.4 is 14.5 Å². The smallest absolute Gasteiger partial charge is 0.276 e. The van der Waals surface area contributed by atoms with Gasteiger partial charge in [-0.25, -0.2) is 4.83 Å². The fourth-order valence-electron chi connectivity index (χ4n) is 4.49. The summed E-state index contributed by atoms with van der Waals surface area (Å²) in [7, 11) is -2.14. The number of hydrazone groups is 1. The van der Waals surface area contributed by atoms with Gasteiger partial charge < -0.3 is 14.4 Å². The summed E-state index contributed by atoms with van der Waals surface area (Å²) in [5.74, 6) is 1.78. The van der Waals surface area contributed by atoms with Gasteiger partial charge in [0.05, 0.1) is 30.4 Å². The maximum absolute atomic E-state index is 12.5. The molecule has 1 N–H and O–H groups in total. The molecule has 2 bridgehead atoms. The Morgan fingerprint density at radius 3 is 2.27 bits per heavy atom. The molecule has 0 amide bonds. The molecule has 0 spiro atoms. The van der Waals surface area contributed by atoms with Crippen molar-refractivity contribution in [2.24, 2.45) is 16.9 Å². The summed E-state index contributed by atoms with van der Waals surface area (Å²) in [6.07, 6.45) is 6.26. The zero-order valence-electron chi connectivity index (χ0n) is 16.5. The molecule has 0 aromatic heterocycles. The van der Waals surface area contributed by atoms with Crippen LogP contribution in [-0.4, -0.2) is 47.0 Å². The number of ether oxygens (including phenoxy) is 2. The summed E-state index contributed by atoms with van der Waals surface area (Å²) >= 11 is 0. The van der Waals surface area contributed by atoms with Crippen LogP contribution in [0.1, 0.15) is 5.56 Å². The monoisotopic (exact) mass is 425 g/mol. The zero-order valence-corrected chi connectivity index (χ0v) is 17.3. The Bertz CT molecular complexity index is 1060. The van der Waals surface area contributed by atoms with E-state index in [2.05, 4.69) is 27.0 Å². The number of methoxy groups -OCH3 is 1. The van der Waals surface area contributed by atoms with Gasteiger partial charge in [-0.3, -0.25) is 0 Å². The highest BCUT2D eigenvalue weighted by Gasteiger charge is 2.50. The molecule has 3 heterocycles. The van der Waals surface area contributed by atoms with E-state index in [4.69, 9.17) is 9.47 Å². The molecule has 2 aromatic carbocycles. The number of rotatable bonds is 6. The fourth-order valence-corrected chi connectivity index (χ4v) is 5.28. The van der Waals surface area contributed by atoms with Crippen molar-refractivity contribution in [1.29, 1.82) is 0 Å². The SMILES string of the molecule is COc1ccc(/C=N/NS(=O)(=O)c2ccc(N3C[C@@H]4C5C=CC(O5)[C@@H]4C3)cc2)cc1. The molecule has 2 fully saturated rings. The molecule has 0 radical (unpaired) electrons. The van der Waals surface area contributed by atoms with Crippen molar-refractivity contribution in [2.45, 2.75) is 17.1 Å². The summed E-state index contributed by atoms with van der Waals surface area (Å²) in [5, 5.41) is 3.87. The standard InChI is InChI=1S/C22H23N3O4S/c1-28-17-6-2-15(3-7-17)12-23-24-30(26,27)18-8-4-16(5-9-18)25-13-19-20(14-25)22-11-10-21(19)29-22/h2-12,19-22,24H,13-14H2,1H3/b23-12+/t19-,20+,21?,22?. The lowest BCUT2D eigenvalue weighted by molar-refractivity contribution is 0.100. The molecular weight excluding hydrogens is 402 g/mol. The van der Waals surface area contributed by atoms with Crippen LogP contribution in [0, 0.1) is 11.8 Å². The topological polar surface area (TPSA) is 80.2 Å². The Labute approximate surface area is 176 Å². The van der Waals surface area contributed by atoms with E-state index >= 15 is 0 Å². The highest BCUT2D eigenvalue weighted by Crippen LogP contribution is 2.44. The molecule has 156 valence electrons. The van der Waals surface area contributed by atoms with E-state index in [1.54, 1.807) is 43.5 Å². The average Bonchev–Trinajstić information content (AvgIpc) is 3.48. The normalized spacial score (nSPS) is 27.0. The van der Waals surface area contributed by atoms with E-state index in [0.29, 0.717) is 11.8 Å². The van der Waals surface area contributed by atoms with Crippen LogP contribution in [0.3, 0.4) is 0 Å². The van der Waals surface area contributed by atoms with E-state index in [1.165, 1.54) is 6.21 Å². The molecule has 7 nitrogen and oxygen atoms in total. The van der Waals surface area contributed by atoms with Gasteiger partial charge in [0, 0.05) is 30.6 Å². The van der Waals surface area contributed by atoms with Crippen LogP contribution in [0.25, 0.3) is 0 Å². The second-order valence-corrected chi connectivity index (χ2v) is 9.46. The highest BCUT2D eigenvalue weighted by atomic mass is 32.2. The first-order valence-electron chi connectivity index (χ1n) is 9.91. The number of anilines is 1. The molecule has 0 saturated carbocycles. The second-order valence-electron chi connectivity index (χ2n) is 7.80. The largest absolute Gasteiger partial charge is 0.497 e. The first kappa shape index (κ1) is 19.1. The summed E-state index contributed by atoms with van der Waals surface area (Å²) < 4.78 is 36.1. The number of hydrogen-bond acceptors (Lipinski definition) is 6. The molecule has 4 atom stereocenters. The Kier molecular flexibility index (Phi) is 4.75. The van der Waals surface area contributed by atoms with Gasteiger partial charge in [0.15, 0.2) is 0 Å². The maximum atomic E-state index is 12.5. The van der Waals surface area contributed by atoms with Crippen molar-refractivity contribution < 1.29 is 17.9 Å². The van der Waals surface area contributed by atoms with E-state index in [1.807, 2.05) is 12.1 Å². The van der Waals surface area contributed by atoms with Crippen LogP contribution in [0.2, 0.25) is 0 Å². The van der Waals surface area contributed by atoms with Gasteiger partial charge in [-0.2, -0.15) is 13.5 Å². The Morgan fingerprint density at radius 1 is 1.03 bits per heavy atom. The van der Waals surface area contributed by atoms with Crippen molar-refractivity contribution in [3.63, 3.8) is 0 Å². The summed E-state index contributed by atoms with van der Waals surface area (Å²) in [6, 6.07) is 14.1. The lowest BCUT2D eigenvalue weighted by Crippen LogP contribution is -2.24. The van der Waals surface area contributed by atoms with Crippen molar-refractivity contribution in [2.75, 3.05) is 25.1 Å². The van der Waals surface area contributed by atoms with Gasteiger partial charge in [0.2, 0.25) is 0 Å². The first-order valence-corrected chi connectivity index (χ1v) is 11.4. The van der Waals surface area contributed by atoms with Crippen LogP contribution in [-0.2, 0) is 14.8 Å². The Balaban J connectivity index is 1.23. The minimum absolute atomic E-state index is 0.183. The predicted molar refractivity (Wildman–Crippen MR) is 114 cm³/mol. The molecule has 2 saturated heterocycles. The van der Waals surface area contributed by atoms with Crippen molar-refractivity contribution in [1.82, 2.24) is 4.83 Å². The highest BCUT2D eigenvalue weighted by molar-refractivity contribution is 7.89. The zero-order chi connectivity index (χ0) is 20.7. The Hall–Kier alpha value is -2.84. The van der Waals surface area contributed by atoms with E-state index in [0.717, 1.165) is 30.1 Å². The van der Waals surface area contributed by atoms with Gasteiger partial charge in [-0.1, -0.05) is 12.2 Å². The number of hydrogen-bond donors (Lipinski definition) is 1. The molecular formula is C22H23N3O4S. The molecule has 30 heavy (non-hydrogen) atoms. The van der Waals surface area contributed by atoms with Gasteiger partial charge in [-0.15, -0.1) is 0 Å². The van der Waals surface area contributed by atoms with Crippen molar-refractivity contribution >= 4 is 21.9 Å². The molecule has 3 aliphatic rings. The first-order chi connectivity index (χ1) is 14.5. The molecule has 2 unspecified atom stereocenters. The van der Waals surface area contributed by atoms with Gasteiger partial charge in [-0.05, 0) is 54.1 Å². The van der Waals surface area contributed by atoms with Crippen molar-refractivity contribution in [3.05, 3.63) is 66.2 Å². The van der Waals surface area contributed by atoms with E-state index < -0.39 is 10.0 Å². The number of fused-ring (bicyclic) bond motifs is 5. The molecule has 0 aliphatic carbocycles. The number of nitrogens with one attached hydrogen (secondary N) is 1. The summed E-state index contributed by atoms with van der Waals surface area (Å²) in [5.41, 5.74) is 1.80. The minimum Gasteiger partial charge on any atom is -0.497 e. The molecule has 2 aromatic rings. The Morgan fingerprint density at radius 2 is 1.67 bits per heavy atom. The molecule has 8 heteroatoms. The van der Waals surface area contributed by atoms with Gasteiger partial charge in [0.25, 0.3) is 10.0 Å². The van der Waals surface area contributed by atoms with E-state index in [9.17, 15) is 8.42 Å². The average molecular weight is 426 g/mol. The quantitative estimate of drug-likeness (QED) is 0.437. The minimum atomic E-state index is -3.73. The third-order valence-electron chi connectivity index (χ3n) is 6.08. The van der Waals surface area contributed by atoms with E-state index in [-0.39, 0.29) is 17.1 Å². The third-order valence-corrected chi connectivity index (χ3v) is 7.31. The molecule has 3 aliphatic heterocycles. The van der Waals surface area contributed by atoms with Crippen LogP contribution in [0.15, 0.2) is 70.7 Å². The van der Waals surface area contributed by atoms with Crippen LogP contribution >= 0.6 is 0 Å². The lowest BCUT2D eigenvalue weighted by atomic mass is 9.86. The third kappa shape index (κ3) is 3.46. The predicted octanol–water partition coefficient (Wildman–Crippen LogP) is 2.40. The van der Waals surface area contributed by atoms with Crippen molar-refractivity contribution in [3.8, 4) is 5.75 Å². The number of benzene rings is 2. The van der Waals surface area contributed by atoms with Gasteiger partial charge in [0.1, 0.15) is 5.75 Å². The lowest BCUT2D eigenvalue weighted by Gasteiger charge is -2.21.